The lowest BCUT2D eigenvalue weighted by molar-refractivity contribution is 0.224. The summed E-state index contributed by atoms with van der Waals surface area (Å²) >= 11 is 0. The molecule has 0 N–H and O–H groups in total. The Morgan fingerprint density at radius 2 is 1.85 bits per heavy atom. The lowest BCUT2D eigenvalue weighted by atomic mass is 9.76. The van der Waals surface area contributed by atoms with Crippen molar-refractivity contribution in [3.8, 4) is 0 Å². The van der Waals surface area contributed by atoms with Gasteiger partial charge in [-0.2, -0.15) is 0 Å². The van der Waals surface area contributed by atoms with Gasteiger partial charge >= 0.3 is 0 Å². The van der Waals surface area contributed by atoms with Crippen molar-refractivity contribution in [2.75, 3.05) is 0 Å². The molecule has 0 bridgehead atoms. The normalized spacial score (nSPS) is 19.6. The van der Waals surface area contributed by atoms with E-state index in [9.17, 15) is 0 Å². The topological polar surface area (TPSA) is 0 Å². The molecule has 0 aromatic rings. The smallest absolute Gasteiger partial charge is 0.0386 e. The van der Waals surface area contributed by atoms with Gasteiger partial charge in [-0.05, 0) is 11.8 Å². The number of hydrogen-bond acceptors (Lipinski definition) is 0. The van der Waals surface area contributed by atoms with Gasteiger partial charge in [-0.15, -0.1) is 0 Å². The van der Waals surface area contributed by atoms with Crippen molar-refractivity contribution in [1.82, 2.24) is 0 Å². The standard InChI is InChI=1S/C13H25/c1-3-8-12(9-4-2)13-10-6-5-7-11-13/h12-13H,1,3-11H2,2H3. The minimum Gasteiger partial charge on any atom is -0.0654 e. The summed E-state index contributed by atoms with van der Waals surface area (Å²) in [6.45, 7) is 6.32. The molecule has 0 heterocycles. The van der Waals surface area contributed by atoms with Crippen LogP contribution in [0, 0.1) is 18.8 Å². The van der Waals surface area contributed by atoms with E-state index in [2.05, 4.69) is 13.8 Å². The molecular formula is C13H25. The molecule has 1 radical (unpaired) electrons. The monoisotopic (exact) mass is 181 g/mol. The van der Waals surface area contributed by atoms with Crippen molar-refractivity contribution in [3.63, 3.8) is 0 Å². The molecule has 13 heavy (non-hydrogen) atoms. The highest BCUT2D eigenvalue weighted by atomic mass is 14.3. The number of rotatable bonds is 5. The zero-order chi connectivity index (χ0) is 9.52. The van der Waals surface area contributed by atoms with Crippen LogP contribution in [0.4, 0.5) is 0 Å². The molecule has 1 fully saturated rings. The fraction of sp³-hybridized carbons (Fsp3) is 0.923. The Morgan fingerprint density at radius 1 is 1.15 bits per heavy atom. The highest BCUT2D eigenvalue weighted by Gasteiger charge is 2.21. The average Bonchev–Trinajstić information content (AvgIpc) is 2.19. The Labute approximate surface area is 84.1 Å². The van der Waals surface area contributed by atoms with Crippen molar-refractivity contribution in [2.45, 2.75) is 64.7 Å². The van der Waals surface area contributed by atoms with Crippen LogP contribution in [-0.4, -0.2) is 0 Å². The van der Waals surface area contributed by atoms with E-state index in [4.69, 9.17) is 0 Å². The zero-order valence-corrected chi connectivity index (χ0v) is 9.23. The van der Waals surface area contributed by atoms with E-state index >= 15 is 0 Å². The minimum absolute atomic E-state index is 1.00. The quantitative estimate of drug-likeness (QED) is 0.581. The van der Waals surface area contributed by atoms with Crippen LogP contribution in [0.15, 0.2) is 0 Å². The summed E-state index contributed by atoms with van der Waals surface area (Å²) in [4.78, 5) is 0. The van der Waals surface area contributed by atoms with Gasteiger partial charge in [-0.25, -0.2) is 0 Å². The van der Waals surface area contributed by atoms with Gasteiger partial charge in [0.05, 0.1) is 0 Å². The second-order valence-electron chi connectivity index (χ2n) is 4.59. The van der Waals surface area contributed by atoms with E-state index in [-0.39, 0.29) is 0 Å². The molecule has 0 aliphatic heterocycles. The molecule has 1 unspecified atom stereocenters. The Kier molecular flexibility index (Phi) is 5.50. The van der Waals surface area contributed by atoms with Crippen LogP contribution in [0.25, 0.3) is 0 Å². The predicted molar refractivity (Wildman–Crippen MR) is 59.6 cm³/mol. The Balaban J connectivity index is 2.32. The Bertz CT molecular complexity index is 105. The fourth-order valence-corrected chi connectivity index (χ4v) is 2.85. The van der Waals surface area contributed by atoms with Crippen molar-refractivity contribution in [2.24, 2.45) is 11.8 Å². The third-order valence-electron chi connectivity index (χ3n) is 3.55. The third-order valence-corrected chi connectivity index (χ3v) is 3.55. The van der Waals surface area contributed by atoms with E-state index in [1.807, 2.05) is 0 Å². The lowest BCUT2D eigenvalue weighted by Crippen LogP contribution is -2.17. The van der Waals surface area contributed by atoms with Crippen LogP contribution >= 0.6 is 0 Å². The zero-order valence-electron chi connectivity index (χ0n) is 9.23. The first-order valence-corrected chi connectivity index (χ1v) is 6.17. The molecule has 0 heteroatoms. The summed E-state index contributed by atoms with van der Waals surface area (Å²) in [5, 5.41) is 0. The average molecular weight is 181 g/mol. The van der Waals surface area contributed by atoms with Gasteiger partial charge in [0.1, 0.15) is 0 Å². The lowest BCUT2D eigenvalue weighted by Gasteiger charge is -2.30. The van der Waals surface area contributed by atoms with Crippen LogP contribution in [-0.2, 0) is 0 Å². The molecule has 1 atom stereocenters. The van der Waals surface area contributed by atoms with Crippen molar-refractivity contribution in [3.05, 3.63) is 6.92 Å². The molecule has 1 aliphatic rings. The Hall–Kier alpha value is 0. The maximum atomic E-state index is 4.00. The first-order valence-electron chi connectivity index (χ1n) is 6.17. The first kappa shape index (κ1) is 11.1. The summed E-state index contributed by atoms with van der Waals surface area (Å²) in [5.41, 5.74) is 0. The maximum Gasteiger partial charge on any atom is -0.0386 e. The summed E-state index contributed by atoms with van der Waals surface area (Å²) < 4.78 is 0. The number of hydrogen-bond donors (Lipinski definition) is 0. The molecule has 0 aromatic heterocycles. The molecule has 1 saturated carbocycles. The van der Waals surface area contributed by atoms with Crippen LogP contribution in [0.1, 0.15) is 64.7 Å². The molecule has 0 aromatic carbocycles. The first-order chi connectivity index (χ1) is 6.38. The van der Waals surface area contributed by atoms with Gasteiger partial charge in [0.25, 0.3) is 0 Å². The van der Waals surface area contributed by atoms with Gasteiger partial charge < -0.3 is 0 Å². The van der Waals surface area contributed by atoms with Crippen molar-refractivity contribution in [1.29, 1.82) is 0 Å². The van der Waals surface area contributed by atoms with Crippen molar-refractivity contribution < 1.29 is 0 Å². The molecule has 1 rings (SSSR count). The highest BCUT2D eigenvalue weighted by molar-refractivity contribution is 4.74. The molecule has 1 aliphatic carbocycles. The Morgan fingerprint density at radius 3 is 2.38 bits per heavy atom. The van der Waals surface area contributed by atoms with Crippen LogP contribution in [0.3, 0.4) is 0 Å². The van der Waals surface area contributed by atoms with Gasteiger partial charge in [0.15, 0.2) is 0 Å². The van der Waals surface area contributed by atoms with Crippen LogP contribution in [0.2, 0.25) is 0 Å². The summed E-state index contributed by atoms with van der Waals surface area (Å²) in [6, 6.07) is 0. The molecule has 77 valence electrons. The third kappa shape index (κ3) is 3.70. The fourth-order valence-electron chi connectivity index (χ4n) is 2.85. The van der Waals surface area contributed by atoms with Crippen LogP contribution < -0.4 is 0 Å². The molecule has 0 saturated heterocycles. The van der Waals surface area contributed by atoms with E-state index in [0.29, 0.717) is 0 Å². The largest absolute Gasteiger partial charge is 0.0654 e. The second kappa shape index (κ2) is 6.45. The summed E-state index contributed by atoms with van der Waals surface area (Å²) in [5.74, 6) is 2.05. The van der Waals surface area contributed by atoms with E-state index < -0.39 is 0 Å². The van der Waals surface area contributed by atoms with Crippen molar-refractivity contribution >= 4 is 0 Å². The molecule has 0 amide bonds. The van der Waals surface area contributed by atoms with Gasteiger partial charge in [0, 0.05) is 0 Å². The van der Waals surface area contributed by atoms with E-state index in [1.54, 1.807) is 0 Å². The second-order valence-corrected chi connectivity index (χ2v) is 4.59. The van der Waals surface area contributed by atoms with Crippen LogP contribution in [0.5, 0.6) is 0 Å². The van der Waals surface area contributed by atoms with Gasteiger partial charge in [-0.1, -0.05) is 71.6 Å². The minimum atomic E-state index is 1.00. The van der Waals surface area contributed by atoms with E-state index in [1.165, 1.54) is 51.4 Å². The highest BCUT2D eigenvalue weighted by Crippen LogP contribution is 2.34. The van der Waals surface area contributed by atoms with Gasteiger partial charge in [-0.3, -0.25) is 0 Å². The SMILES string of the molecule is [CH2]CCC(CCC)C1CCCCC1. The predicted octanol–water partition coefficient (Wildman–Crippen LogP) is 4.60. The maximum absolute atomic E-state index is 4.00. The molecule has 0 spiro atoms. The molecule has 0 nitrogen and oxygen atoms in total. The summed E-state index contributed by atoms with van der Waals surface area (Å²) in [7, 11) is 0. The van der Waals surface area contributed by atoms with Gasteiger partial charge in [0.2, 0.25) is 0 Å². The van der Waals surface area contributed by atoms with E-state index in [0.717, 1.165) is 18.3 Å². The summed E-state index contributed by atoms with van der Waals surface area (Å²) in [6.07, 6.45) is 12.8. The molecular weight excluding hydrogens is 156 g/mol.